The maximum Gasteiger partial charge on any atom is 0.235 e. The van der Waals surface area contributed by atoms with Gasteiger partial charge in [0, 0.05) is 16.3 Å². The number of primary amides is 1. The van der Waals surface area contributed by atoms with Crippen LogP contribution < -0.4 is 15.4 Å². The molecule has 2 amide bonds. The standard InChI is InChI=1S/C31H31ClN2O5S2/c1-3-14-39-29-12-9-26(32)17-25(29)19-34(30(35)16-22-13-15-40-20-22)27-6-4-5-24(18-27)23-7-10-28(11-8-23)41(37,38)21(2)31(33)36/h4-13,15,17-18,20-21H,3,14,16,19H2,1-2H3,(H2,33,36). The minimum Gasteiger partial charge on any atom is -0.493 e. The number of amides is 2. The first-order chi connectivity index (χ1) is 19.6. The molecule has 1 aromatic heterocycles. The van der Waals surface area contributed by atoms with Crippen LogP contribution >= 0.6 is 22.9 Å². The second-order valence-corrected chi connectivity index (χ2v) is 13.0. The zero-order chi connectivity index (χ0) is 29.6. The molecule has 4 rings (SSSR count). The molecule has 1 heterocycles. The third-order valence-electron chi connectivity index (χ3n) is 6.59. The average Bonchev–Trinajstić information content (AvgIpc) is 3.48. The molecule has 0 aliphatic rings. The van der Waals surface area contributed by atoms with Crippen LogP contribution in [0.3, 0.4) is 0 Å². The van der Waals surface area contributed by atoms with Crippen molar-refractivity contribution in [2.45, 2.75) is 43.4 Å². The van der Waals surface area contributed by atoms with Gasteiger partial charge in [-0.1, -0.05) is 42.8 Å². The maximum atomic E-state index is 13.7. The number of thiophene rings is 1. The molecule has 214 valence electrons. The van der Waals surface area contributed by atoms with Gasteiger partial charge < -0.3 is 15.4 Å². The average molecular weight is 611 g/mol. The zero-order valence-electron chi connectivity index (χ0n) is 22.7. The van der Waals surface area contributed by atoms with Crippen LogP contribution in [-0.4, -0.2) is 32.1 Å². The van der Waals surface area contributed by atoms with Crippen molar-refractivity contribution >= 4 is 50.3 Å². The van der Waals surface area contributed by atoms with Crippen LogP contribution in [0.5, 0.6) is 5.75 Å². The first kappa shape index (κ1) is 30.3. The number of ether oxygens (including phenoxy) is 1. The Balaban J connectivity index is 1.69. The fourth-order valence-electron chi connectivity index (χ4n) is 4.23. The van der Waals surface area contributed by atoms with E-state index in [2.05, 4.69) is 0 Å². The molecule has 3 aromatic carbocycles. The Bertz CT molecular complexity index is 1620. The van der Waals surface area contributed by atoms with Crippen LogP contribution in [0.25, 0.3) is 11.1 Å². The second kappa shape index (κ2) is 13.3. The number of anilines is 1. The van der Waals surface area contributed by atoms with Crippen molar-refractivity contribution in [3.05, 3.63) is 99.7 Å². The van der Waals surface area contributed by atoms with Gasteiger partial charge in [0.2, 0.25) is 11.8 Å². The maximum absolute atomic E-state index is 13.7. The highest BCUT2D eigenvalue weighted by atomic mass is 35.5. The molecule has 1 atom stereocenters. The third-order valence-corrected chi connectivity index (χ3v) is 9.65. The Morgan fingerprint density at radius 2 is 1.78 bits per heavy atom. The minimum atomic E-state index is -3.89. The Hall–Kier alpha value is -3.66. The molecule has 7 nitrogen and oxygen atoms in total. The monoisotopic (exact) mass is 610 g/mol. The van der Waals surface area contributed by atoms with Gasteiger partial charge in [-0.15, -0.1) is 0 Å². The molecule has 10 heteroatoms. The lowest BCUT2D eigenvalue weighted by Gasteiger charge is -2.25. The van der Waals surface area contributed by atoms with Crippen molar-refractivity contribution in [2.75, 3.05) is 11.5 Å². The summed E-state index contributed by atoms with van der Waals surface area (Å²) < 4.78 is 31.3. The van der Waals surface area contributed by atoms with E-state index in [0.717, 1.165) is 28.7 Å². The first-order valence-corrected chi connectivity index (χ1v) is 15.9. The topological polar surface area (TPSA) is 107 Å². The Morgan fingerprint density at radius 3 is 2.44 bits per heavy atom. The third kappa shape index (κ3) is 7.35. The van der Waals surface area contributed by atoms with E-state index in [-0.39, 0.29) is 23.8 Å². The highest BCUT2D eigenvalue weighted by Crippen LogP contribution is 2.31. The SMILES string of the molecule is CCCOc1ccc(Cl)cc1CN(C(=O)Cc1ccsc1)c1cccc(-c2ccc(S(=O)(=O)C(C)C(N)=O)cc2)c1. The Labute approximate surface area is 249 Å². The van der Waals surface area contributed by atoms with Gasteiger partial charge in [0.1, 0.15) is 11.0 Å². The molecular weight excluding hydrogens is 580 g/mol. The number of carbonyl (C=O) groups excluding carboxylic acids is 2. The molecule has 4 aromatic rings. The van der Waals surface area contributed by atoms with Crippen LogP contribution in [0.2, 0.25) is 5.02 Å². The largest absolute Gasteiger partial charge is 0.493 e. The summed E-state index contributed by atoms with van der Waals surface area (Å²) in [5.74, 6) is -0.330. The van der Waals surface area contributed by atoms with Gasteiger partial charge in [-0.3, -0.25) is 9.59 Å². The van der Waals surface area contributed by atoms with Crippen LogP contribution in [0, 0.1) is 0 Å². The predicted molar refractivity (Wildman–Crippen MR) is 164 cm³/mol. The summed E-state index contributed by atoms with van der Waals surface area (Å²) in [6, 6.07) is 21.1. The number of halogens is 1. The number of hydrogen-bond donors (Lipinski definition) is 1. The van der Waals surface area contributed by atoms with E-state index < -0.39 is 21.0 Å². The van der Waals surface area contributed by atoms with Crippen LogP contribution in [-0.2, 0) is 32.4 Å². The summed E-state index contributed by atoms with van der Waals surface area (Å²) in [6.45, 7) is 4.08. The van der Waals surface area contributed by atoms with Gasteiger partial charge in [0.05, 0.1) is 24.5 Å². The van der Waals surface area contributed by atoms with Crippen molar-refractivity contribution < 1.29 is 22.7 Å². The summed E-state index contributed by atoms with van der Waals surface area (Å²) in [5, 5.41) is 3.10. The smallest absolute Gasteiger partial charge is 0.235 e. The van der Waals surface area contributed by atoms with Gasteiger partial charge in [-0.2, -0.15) is 11.3 Å². The van der Waals surface area contributed by atoms with E-state index in [0.29, 0.717) is 23.1 Å². The molecule has 0 saturated carbocycles. The quantitative estimate of drug-likeness (QED) is 0.203. The number of nitrogens with two attached hydrogens (primary N) is 1. The van der Waals surface area contributed by atoms with E-state index in [1.165, 1.54) is 30.4 Å². The van der Waals surface area contributed by atoms with Crippen molar-refractivity contribution in [1.82, 2.24) is 0 Å². The number of nitrogens with zero attached hydrogens (tertiary/aromatic N) is 1. The molecule has 0 aliphatic carbocycles. The molecule has 0 radical (unpaired) electrons. The fourth-order valence-corrected chi connectivity index (χ4v) is 6.32. The molecule has 0 spiro atoms. The lowest BCUT2D eigenvalue weighted by molar-refractivity contribution is -0.118. The van der Waals surface area contributed by atoms with Crippen molar-refractivity contribution in [1.29, 1.82) is 0 Å². The lowest BCUT2D eigenvalue weighted by Crippen LogP contribution is -2.33. The number of carbonyl (C=O) groups is 2. The van der Waals surface area contributed by atoms with E-state index in [9.17, 15) is 18.0 Å². The van der Waals surface area contributed by atoms with Gasteiger partial charge in [-0.25, -0.2) is 8.42 Å². The van der Waals surface area contributed by atoms with E-state index in [1.807, 2.05) is 60.1 Å². The van der Waals surface area contributed by atoms with Crippen LogP contribution in [0.4, 0.5) is 5.69 Å². The predicted octanol–water partition coefficient (Wildman–Crippen LogP) is 6.28. The molecule has 1 unspecified atom stereocenters. The number of hydrogen-bond acceptors (Lipinski definition) is 6. The number of sulfone groups is 1. The summed E-state index contributed by atoms with van der Waals surface area (Å²) in [5.41, 5.74) is 9.14. The normalized spacial score (nSPS) is 12.1. The molecule has 0 aliphatic heterocycles. The van der Waals surface area contributed by atoms with E-state index >= 15 is 0 Å². The zero-order valence-corrected chi connectivity index (χ0v) is 25.1. The van der Waals surface area contributed by atoms with Crippen LogP contribution in [0.1, 0.15) is 31.4 Å². The first-order valence-electron chi connectivity index (χ1n) is 13.1. The van der Waals surface area contributed by atoms with Crippen molar-refractivity contribution in [3.8, 4) is 16.9 Å². The van der Waals surface area contributed by atoms with Gasteiger partial charge >= 0.3 is 0 Å². The van der Waals surface area contributed by atoms with E-state index in [4.69, 9.17) is 22.1 Å². The van der Waals surface area contributed by atoms with Gasteiger partial charge in [-0.05, 0) is 89.3 Å². The molecule has 2 N–H and O–H groups in total. The number of benzene rings is 3. The van der Waals surface area contributed by atoms with Crippen molar-refractivity contribution in [3.63, 3.8) is 0 Å². The summed E-state index contributed by atoms with van der Waals surface area (Å²) in [4.78, 5) is 26.9. The van der Waals surface area contributed by atoms with Gasteiger partial charge in [0.25, 0.3) is 0 Å². The Morgan fingerprint density at radius 1 is 1.02 bits per heavy atom. The fraction of sp³-hybridized carbons (Fsp3) is 0.226. The lowest BCUT2D eigenvalue weighted by atomic mass is 10.0. The molecule has 0 saturated heterocycles. The second-order valence-electron chi connectivity index (χ2n) is 9.55. The highest BCUT2D eigenvalue weighted by Gasteiger charge is 2.28. The number of rotatable bonds is 12. The summed E-state index contributed by atoms with van der Waals surface area (Å²) in [6.07, 6.45) is 1.07. The highest BCUT2D eigenvalue weighted by molar-refractivity contribution is 7.92. The molecule has 41 heavy (non-hydrogen) atoms. The minimum absolute atomic E-state index is 0.0110. The van der Waals surface area contributed by atoms with Gasteiger partial charge in [0.15, 0.2) is 9.84 Å². The summed E-state index contributed by atoms with van der Waals surface area (Å²) >= 11 is 7.87. The molecule has 0 fully saturated rings. The van der Waals surface area contributed by atoms with Crippen molar-refractivity contribution in [2.24, 2.45) is 5.73 Å². The molecule has 0 bridgehead atoms. The van der Waals surface area contributed by atoms with Crippen LogP contribution in [0.15, 0.2) is 88.5 Å². The Kier molecular flexibility index (Phi) is 9.86. The van der Waals surface area contributed by atoms with E-state index in [1.54, 1.807) is 23.1 Å². The molecular formula is C31H31ClN2O5S2. The summed E-state index contributed by atoms with van der Waals surface area (Å²) in [7, 11) is -3.89.